The molecule has 1 aromatic heterocycles. The van der Waals surface area contributed by atoms with Crippen LogP contribution >= 0.6 is 11.3 Å². The van der Waals surface area contributed by atoms with E-state index in [1.54, 1.807) is 18.1 Å². The number of hydrogen-bond acceptors (Lipinski definition) is 6. The zero-order chi connectivity index (χ0) is 20.2. The Morgan fingerprint density at radius 3 is 2.83 bits per heavy atom. The number of methoxy groups -OCH3 is 1. The molecule has 29 heavy (non-hydrogen) atoms. The molecule has 4 rings (SSSR count). The van der Waals surface area contributed by atoms with Crippen molar-refractivity contribution in [3.63, 3.8) is 0 Å². The number of hydrogen-bond donors (Lipinski definition) is 1. The average Bonchev–Trinajstić information content (AvgIpc) is 3.35. The van der Waals surface area contributed by atoms with E-state index < -0.39 is 5.92 Å². The lowest BCUT2D eigenvalue weighted by Crippen LogP contribution is -2.28. The van der Waals surface area contributed by atoms with Crippen molar-refractivity contribution in [2.45, 2.75) is 12.8 Å². The van der Waals surface area contributed by atoms with Crippen LogP contribution in [0.3, 0.4) is 0 Å². The van der Waals surface area contributed by atoms with Crippen molar-refractivity contribution in [3.05, 3.63) is 65.2 Å². The molecule has 0 saturated carbocycles. The minimum atomic E-state index is -0.435. The topological polar surface area (TPSA) is 84.4 Å². The number of nitrogens with zero attached hydrogens (tertiary/aromatic N) is 3. The van der Waals surface area contributed by atoms with E-state index in [0.717, 1.165) is 16.3 Å². The summed E-state index contributed by atoms with van der Waals surface area (Å²) < 4.78 is 5.22. The van der Waals surface area contributed by atoms with Crippen LogP contribution in [0.15, 0.2) is 54.6 Å². The Hall–Kier alpha value is -3.26. The Morgan fingerprint density at radius 1 is 1.21 bits per heavy atom. The molecule has 2 aromatic carbocycles. The van der Waals surface area contributed by atoms with Gasteiger partial charge in [-0.05, 0) is 17.7 Å². The van der Waals surface area contributed by atoms with Gasteiger partial charge in [-0.3, -0.25) is 9.59 Å². The van der Waals surface area contributed by atoms with Crippen molar-refractivity contribution in [3.8, 4) is 5.75 Å². The molecule has 1 aliphatic heterocycles. The summed E-state index contributed by atoms with van der Waals surface area (Å²) in [5, 5.41) is 12.3. The molecule has 1 unspecified atom stereocenters. The maximum atomic E-state index is 12.7. The van der Waals surface area contributed by atoms with Gasteiger partial charge >= 0.3 is 0 Å². The molecule has 0 spiro atoms. The normalized spacial score (nSPS) is 16.1. The highest BCUT2D eigenvalue weighted by Crippen LogP contribution is 2.29. The summed E-state index contributed by atoms with van der Waals surface area (Å²) in [6.07, 6.45) is 0.832. The third-order valence-electron chi connectivity index (χ3n) is 4.76. The van der Waals surface area contributed by atoms with Crippen LogP contribution in [0.25, 0.3) is 0 Å². The molecule has 148 valence electrons. The molecule has 8 heteroatoms. The molecule has 2 amide bonds. The minimum absolute atomic E-state index is 0.0829. The highest BCUT2D eigenvalue weighted by molar-refractivity contribution is 7.15. The third-order valence-corrected chi connectivity index (χ3v) is 5.59. The van der Waals surface area contributed by atoms with Gasteiger partial charge in [-0.1, -0.05) is 47.7 Å². The molecule has 1 atom stereocenters. The van der Waals surface area contributed by atoms with Crippen molar-refractivity contribution in [1.29, 1.82) is 0 Å². The van der Waals surface area contributed by atoms with Crippen LogP contribution in [-0.4, -0.2) is 35.7 Å². The molecule has 0 aliphatic carbocycles. The Bertz CT molecular complexity index is 1020. The van der Waals surface area contributed by atoms with E-state index in [0.29, 0.717) is 23.8 Å². The Labute approximate surface area is 172 Å². The molecule has 1 saturated heterocycles. The lowest BCUT2D eigenvalue weighted by atomic mass is 10.1. The lowest BCUT2D eigenvalue weighted by Gasteiger charge is -2.17. The van der Waals surface area contributed by atoms with Gasteiger partial charge in [0, 0.05) is 31.1 Å². The SMILES string of the molecule is COc1cccc(N2CC(C(=O)Nc3nnc(Cc4ccccc4)s3)CC2=O)c1. The number of ether oxygens (including phenoxy) is 1. The van der Waals surface area contributed by atoms with Gasteiger partial charge in [0.1, 0.15) is 10.8 Å². The van der Waals surface area contributed by atoms with Crippen LogP contribution in [0.5, 0.6) is 5.75 Å². The fourth-order valence-electron chi connectivity index (χ4n) is 3.26. The number of anilines is 2. The molecular formula is C21H20N4O3S. The fourth-order valence-corrected chi connectivity index (χ4v) is 4.04. The second-order valence-electron chi connectivity index (χ2n) is 6.76. The Balaban J connectivity index is 1.38. The monoisotopic (exact) mass is 408 g/mol. The zero-order valence-corrected chi connectivity index (χ0v) is 16.7. The highest BCUT2D eigenvalue weighted by atomic mass is 32.1. The number of carbonyl (C=O) groups is 2. The highest BCUT2D eigenvalue weighted by Gasteiger charge is 2.35. The molecule has 3 aromatic rings. The number of amides is 2. The van der Waals surface area contributed by atoms with E-state index in [-0.39, 0.29) is 18.2 Å². The first kappa shape index (κ1) is 19.1. The van der Waals surface area contributed by atoms with Gasteiger partial charge in [0.25, 0.3) is 0 Å². The Morgan fingerprint density at radius 2 is 2.03 bits per heavy atom. The molecule has 1 fully saturated rings. The van der Waals surface area contributed by atoms with Crippen LogP contribution in [0, 0.1) is 5.92 Å². The first-order valence-corrected chi connectivity index (χ1v) is 10.1. The second-order valence-corrected chi connectivity index (χ2v) is 7.82. The van der Waals surface area contributed by atoms with Crippen molar-refractivity contribution >= 4 is 34.0 Å². The van der Waals surface area contributed by atoms with Crippen LogP contribution < -0.4 is 15.0 Å². The van der Waals surface area contributed by atoms with Crippen molar-refractivity contribution in [2.24, 2.45) is 5.92 Å². The zero-order valence-electron chi connectivity index (χ0n) is 15.9. The summed E-state index contributed by atoms with van der Waals surface area (Å²) in [5.41, 5.74) is 1.86. The number of benzene rings is 2. The number of nitrogens with one attached hydrogen (secondary N) is 1. The van der Waals surface area contributed by atoms with E-state index in [4.69, 9.17) is 4.74 Å². The Kier molecular flexibility index (Phi) is 5.53. The number of aromatic nitrogens is 2. The van der Waals surface area contributed by atoms with Crippen LogP contribution in [0.1, 0.15) is 17.0 Å². The molecule has 1 N–H and O–H groups in total. The third kappa shape index (κ3) is 4.43. The predicted octanol–water partition coefficient (Wildman–Crippen LogP) is 3.13. The molecular weight excluding hydrogens is 388 g/mol. The maximum absolute atomic E-state index is 12.7. The van der Waals surface area contributed by atoms with Crippen LogP contribution in [-0.2, 0) is 16.0 Å². The van der Waals surface area contributed by atoms with Crippen molar-refractivity contribution in [2.75, 3.05) is 23.9 Å². The minimum Gasteiger partial charge on any atom is -0.497 e. The summed E-state index contributed by atoms with van der Waals surface area (Å²) in [5.74, 6) is -0.0650. The fraction of sp³-hybridized carbons (Fsp3) is 0.238. The number of rotatable bonds is 6. The van der Waals surface area contributed by atoms with E-state index in [2.05, 4.69) is 15.5 Å². The van der Waals surface area contributed by atoms with E-state index >= 15 is 0 Å². The van der Waals surface area contributed by atoms with Crippen LogP contribution in [0.2, 0.25) is 0 Å². The quantitative estimate of drug-likeness (QED) is 0.677. The molecule has 2 heterocycles. The molecule has 0 bridgehead atoms. The average molecular weight is 408 g/mol. The lowest BCUT2D eigenvalue weighted by molar-refractivity contribution is -0.122. The standard InChI is InChI=1S/C21H20N4O3S/c1-28-17-9-5-8-16(12-17)25-13-15(11-19(25)26)20(27)22-21-24-23-18(29-21)10-14-6-3-2-4-7-14/h2-9,12,15H,10-11,13H2,1H3,(H,22,24,27). The predicted molar refractivity (Wildman–Crippen MR) is 111 cm³/mol. The molecule has 1 aliphatic rings. The maximum Gasteiger partial charge on any atom is 0.231 e. The van der Waals surface area contributed by atoms with Gasteiger partial charge in [0.05, 0.1) is 13.0 Å². The number of carbonyl (C=O) groups excluding carboxylic acids is 2. The van der Waals surface area contributed by atoms with Crippen molar-refractivity contribution in [1.82, 2.24) is 10.2 Å². The van der Waals surface area contributed by atoms with Crippen molar-refractivity contribution < 1.29 is 14.3 Å². The smallest absolute Gasteiger partial charge is 0.231 e. The van der Waals surface area contributed by atoms with Gasteiger partial charge < -0.3 is 15.0 Å². The second kappa shape index (κ2) is 8.40. The van der Waals surface area contributed by atoms with Gasteiger partial charge in [0.15, 0.2) is 0 Å². The first-order valence-electron chi connectivity index (χ1n) is 9.24. The van der Waals surface area contributed by atoms with Gasteiger partial charge in [-0.15, -0.1) is 10.2 Å². The van der Waals surface area contributed by atoms with E-state index in [9.17, 15) is 9.59 Å². The first-order chi connectivity index (χ1) is 14.1. The molecule has 0 radical (unpaired) electrons. The summed E-state index contributed by atoms with van der Waals surface area (Å²) in [6, 6.07) is 17.2. The largest absolute Gasteiger partial charge is 0.497 e. The summed E-state index contributed by atoms with van der Waals surface area (Å²) in [7, 11) is 1.58. The van der Waals surface area contributed by atoms with Gasteiger partial charge in [-0.25, -0.2) is 0 Å². The summed E-state index contributed by atoms with van der Waals surface area (Å²) in [4.78, 5) is 26.7. The van der Waals surface area contributed by atoms with Crippen LogP contribution in [0.4, 0.5) is 10.8 Å². The van der Waals surface area contributed by atoms with E-state index in [1.165, 1.54) is 11.3 Å². The van der Waals surface area contributed by atoms with E-state index in [1.807, 2.05) is 48.5 Å². The van der Waals surface area contributed by atoms with Gasteiger partial charge in [-0.2, -0.15) is 0 Å². The summed E-state index contributed by atoms with van der Waals surface area (Å²) in [6.45, 7) is 0.327. The van der Waals surface area contributed by atoms with Gasteiger partial charge in [0.2, 0.25) is 16.9 Å². The summed E-state index contributed by atoms with van der Waals surface area (Å²) >= 11 is 1.35. The molecule has 7 nitrogen and oxygen atoms in total.